The number of rotatable bonds is 3. The molecule has 1 aromatic heterocycles. The lowest BCUT2D eigenvalue weighted by Gasteiger charge is -2.23. The van der Waals surface area contributed by atoms with Crippen LogP contribution >= 0.6 is 0 Å². The number of benzene rings is 1. The third kappa shape index (κ3) is 2.15. The fraction of sp³-hybridized carbons (Fsp3) is 0.333. The van der Waals surface area contributed by atoms with Gasteiger partial charge in [0.25, 0.3) is 0 Å². The lowest BCUT2D eigenvalue weighted by molar-refractivity contribution is -0.142. The molecule has 3 rings (SSSR count). The van der Waals surface area contributed by atoms with Crippen LogP contribution in [0.1, 0.15) is 24.6 Å². The highest BCUT2D eigenvalue weighted by atomic mass is 16.5. The Morgan fingerprint density at radius 3 is 2.95 bits per heavy atom. The average Bonchev–Trinajstić information content (AvgIpc) is 2.89. The van der Waals surface area contributed by atoms with Crippen LogP contribution < -0.4 is 4.74 Å². The van der Waals surface area contributed by atoms with Crippen LogP contribution in [0, 0.1) is 5.92 Å². The highest BCUT2D eigenvalue weighted by molar-refractivity contribution is 5.77. The molecule has 1 heterocycles. The summed E-state index contributed by atoms with van der Waals surface area (Å²) in [4.78, 5) is 19.1. The van der Waals surface area contributed by atoms with Crippen molar-refractivity contribution in [1.82, 2.24) is 9.97 Å². The number of H-pyrrole nitrogens is 1. The molecule has 5 nitrogen and oxygen atoms in total. The molecule has 2 aromatic rings. The van der Waals surface area contributed by atoms with Crippen LogP contribution in [0.2, 0.25) is 0 Å². The monoisotopic (exact) mass is 272 g/mol. The van der Waals surface area contributed by atoms with E-state index in [0.29, 0.717) is 12.8 Å². The number of nitrogens with zero attached hydrogens (tertiary/aromatic N) is 1. The van der Waals surface area contributed by atoms with Crippen molar-refractivity contribution in [2.75, 3.05) is 7.11 Å². The molecule has 0 spiro atoms. The second-order valence-corrected chi connectivity index (χ2v) is 5.00. The maximum Gasteiger partial charge on any atom is 0.307 e. The van der Waals surface area contributed by atoms with E-state index >= 15 is 0 Å². The molecular formula is C15H16N2O3. The van der Waals surface area contributed by atoms with Crippen molar-refractivity contribution in [2.24, 2.45) is 5.92 Å². The van der Waals surface area contributed by atoms with Gasteiger partial charge in [0.15, 0.2) is 0 Å². The first-order valence-corrected chi connectivity index (χ1v) is 6.60. The lowest BCUT2D eigenvalue weighted by Crippen LogP contribution is -2.24. The Bertz CT molecular complexity index is 675. The standard InChI is InChI=1S/C15H16N2O3/c1-20-9-6-7-12-13(8-9)17-14(16-12)10-4-2-3-5-11(10)15(18)19/h2-3,6-8,10-11H,4-5H2,1H3,(H,16,17)(H,18,19). The molecule has 20 heavy (non-hydrogen) atoms. The molecule has 2 N–H and O–H groups in total. The predicted octanol–water partition coefficient (Wildman–Crippen LogP) is 2.71. The zero-order chi connectivity index (χ0) is 14.1. The summed E-state index contributed by atoms with van der Waals surface area (Å²) >= 11 is 0. The van der Waals surface area contributed by atoms with E-state index < -0.39 is 11.9 Å². The van der Waals surface area contributed by atoms with E-state index in [1.54, 1.807) is 7.11 Å². The molecule has 1 aromatic carbocycles. The number of fused-ring (bicyclic) bond motifs is 1. The maximum absolute atomic E-state index is 11.4. The first-order valence-electron chi connectivity index (χ1n) is 6.60. The molecule has 2 unspecified atom stereocenters. The Morgan fingerprint density at radius 2 is 2.20 bits per heavy atom. The fourth-order valence-corrected chi connectivity index (χ4v) is 2.70. The SMILES string of the molecule is COc1ccc2nc(C3CC=CCC3C(=O)O)[nH]c2c1. The predicted molar refractivity (Wildman–Crippen MR) is 74.9 cm³/mol. The average molecular weight is 272 g/mol. The van der Waals surface area contributed by atoms with Crippen molar-refractivity contribution in [1.29, 1.82) is 0 Å². The van der Waals surface area contributed by atoms with Gasteiger partial charge >= 0.3 is 5.97 Å². The molecule has 0 aliphatic heterocycles. The van der Waals surface area contributed by atoms with E-state index in [9.17, 15) is 9.90 Å². The maximum atomic E-state index is 11.4. The van der Waals surface area contributed by atoms with Crippen LogP contribution in [0.4, 0.5) is 0 Å². The number of aliphatic carboxylic acids is 1. The number of imidazole rings is 1. The van der Waals surface area contributed by atoms with Crippen molar-refractivity contribution in [3.63, 3.8) is 0 Å². The molecule has 0 amide bonds. The topological polar surface area (TPSA) is 75.2 Å². The lowest BCUT2D eigenvalue weighted by atomic mass is 9.82. The van der Waals surface area contributed by atoms with Gasteiger partial charge in [-0.05, 0) is 25.0 Å². The largest absolute Gasteiger partial charge is 0.497 e. The van der Waals surface area contributed by atoms with Crippen molar-refractivity contribution < 1.29 is 14.6 Å². The quantitative estimate of drug-likeness (QED) is 0.842. The highest BCUT2D eigenvalue weighted by Crippen LogP contribution is 2.34. The second-order valence-electron chi connectivity index (χ2n) is 5.00. The van der Waals surface area contributed by atoms with Crippen LogP contribution in [-0.4, -0.2) is 28.2 Å². The first kappa shape index (κ1) is 12.7. The molecule has 0 radical (unpaired) electrons. The number of carbonyl (C=O) groups is 1. The number of methoxy groups -OCH3 is 1. The minimum Gasteiger partial charge on any atom is -0.497 e. The second kappa shape index (κ2) is 5.00. The van der Waals surface area contributed by atoms with E-state index in [4.69, 9.17) is 4.74 Å². The van der Waals surface area contributed by atoms with E-state index in [0.717, 1.165) is 22.6 Å². The molecule has 1 aliphatic rings. The fourth-order valence-electron chi connectivity index (χ4n) is 2.70. The van der Waals surface area contributed by atoms with Crippen LogP contribution in [0.3, 0.4) is 0 Å². The van der Waals surface area contributed by atoms with Crippen LogP contribution in [0.15, 0.2) is 30.4 Å². The van der Waals surface area contributed by atoms with Gasteiger partial charge in [-0.25, -0.2) is 4.98 Å². The molecule has 1 aliphatic carbocycles. The van der Waals surface area contributed by atoms with Crippen molar-refractivity contribution in [3.8, 4) is 5.75 Å². The van der Waals surface area contributed by atoms with Gasteiger partial charge in [-0.3, -0.25) is 4.79 Å². The summed E-state index contributed by atoms with van der Waals surface area (Å²) in [6.07, 6.45) is 5.22. The van der Waals surface area contributed by atoms with E-state index in [1.165, 1.54) is 0 Å². The summed E-state index contributed by atoms with van der Waals surface area (Å²) in [5.41, 5.74) is 1.71. The zero-order valence-electron chi connectivity index (χ0n) is 11.2. The van der Waals surface area contributed by atoms with Gasteiger partial charge in [0.05, 0.1) is 24.1 Å². The van der Waals surface area contributed by atoms with Crippen LogP contribution in [0.5, 0.6) is 5.75 Å². The third-order valence-electron chi connectivity index (χ3n) is 3.81. The molecule has 5 heteroatoms. The minimum absolute atomic E-state index is 0.101. The van der Waals surface area contributed by atoms with E-state index in [1.807, 2.05) is 30.4 Å². The molecular weight excluding hydrogens is 256 g/mol. The minimum atomic E-state index is -0.766. The van der Waals surface area contributed by atoms with Gasteiger partial charge in [0.1, 0.15) is 11.6 Å². The summed E-state index contributed by atoms with van der Waals surface area (Å²) in [5.74, 6) is 0.215. The molecule has 0 fully saturated rings. The van der Waals surface area contributed by atoms with Crippen molar-refractivity contribution in [3.05, 3.63) is 36.2 Å². The van der Waals surface area contributed by atoms with Crippen LogP contribution in [-0.2, 0) is 4.79 Å². The number of hydrogen-bond donors (Lipinski definition) is 2. The Morgan fingerprint density at radius 1 is 1.40 bits per heavy atom. The Labute approximate surface area is 116 Å². The zero-order valence-corrected chi connectivity index (χ0v) is 11.2. The number of allylic oxidation sites excluding steroid dienone is 2. The van der Waals surface area contributed by atoms with E-state index in [2.05, 4.69) is 9.97 Å². The van der Waals surface area contributed by atoms with Crippen LogP contribution in [0.25, 0.3) is 11.0 Å². The molecule has 0 bridgehead atoms. The van der Waals surface area contributed by atoms with Gasteiger partial charge < -0.3 is 14.8 Å². The smallest absolute Gasteiger partial charge is 0.307 e. The van der Waals surface area contributed by atoms with Crippen molar-refractivity contribution >= 4 is 17.0 Å². The number of aromatic amines is 1. The molecule has 104 valence electrons. The number of carboxylic acid groups (broad SMARTS) is 1. The number of carboxylic acids is 1. The molecule has 2 atom stereocenters. The summed E-state index contributed by atoms with van der Waals surface area (Å²) in [6.45, 7) is 0. The summed E-state index contributed by atoms with van der Waals surface area (Å²) in [6, 6.07) is 5.60. The number of nitrogens with one attached hydrogen (secondary N) is 1. The number of aromatic nitrogens is 2. The summed E-state index contributed by atoms with van der Waals surface area (Å²) in [5, 5.41) is 9.33. The molecule has 0 saturated carbocycles. The van der Waals surface area contributed by atoms with Gasteiger partial charge in [-0.1, -0.05) is 12.2 Å². The van der Waals surface area contributed by atoms with Gasteiger partial charge in [0, 0.05) is 12.0 Å². The Kier molecular flexibility index (Phi) is 3.18. The normalized spacial score (nSPS) is 22.1. The van der Waals surface area contributed by atoms with Gasteiger partial charge in [0.2, 0.25) is 0 Å². The molecule has 0 saturated heterocycles. The summed E-state index contributed by atoms with van der Waals surface area (Å²) in [7, 11) is 1.62. The van der Waals surface area contributed by atoms with Crippen molar-refractivity contribution in [2.45, 2.75) is 18.8 Å². The first-order chi connectivity index (χ1) is 9.69. The number of hydrogen-bond acceptors (Lipinski definition) is 3. The highest BCUT2D eigenvalue weighted by Gasteiger charge is 2.31. The number of ether oxygens (including phenoxy) is 1. The Hall–Kier alpha value is -2.30. The van der Waals surface area contributed by atoms with E-state index in [-0.39, 0.29) is 5.92 Å². The summed E-state index contributed by atoms with van der Waals surface area (Å²) < 4.78 is 5.18. The van der Waals surface area contributed by atoms with Gasteiger partial charge in [-0.15, -0.1) is 0 Å². The Balaban J connectivity index is 2.00. The van der Waals surface area contributed by atoms with Gasteiger partial charge in [-0.2, -0.15) is 0 Å². The third-order valence-corrected chi connectivity index (χ3v) is 3.81.